The van der Waals surface area contributed by atoms with Gasteiger partial charge in [-0.05, 0) is 40.5 Å². The van der Waals surface area contributed by atoms with Gasteiger partial charge in [0.2, 0.25) is 10.0 Å². The van der Waals surface area contributed by atoms with Gasteiger partial charge >= 0.3 is 0 Å². The van der Waals surface area contributed by atoms with E-state index in [0.717, 1.165) is 0 Å². The molecule has 1 aromatic carbocycles. The zero-order chi connectivity index (χ0) is 14.5. The van der Waals surface area contributed by atoms with E-state index in [2.05, 4.69) is 20.7 Å². The van der Waals surface area contributed by atoms with Crippen LogP contribution in [0.3, 0.4) is 0 Å². The lowest BCUT2D eigenvalue weighted by Gasteiger charge is -2.11. The van der Waals surface area contributed by atoms with Crippen LogP contribution in [0.2, 0.25) is 0 Å². The van der Waals surface area contributed by atoms with Gasteiger partial charge in [-0.15, -0.1) is 0 Å². The number of sulfonamides is 1. The summed E-state index contributed by atoms with van der Waals surface area (Å²) in [4.78, 5) is 0.148. The van der Waals surface area contributed by atoms with Crippen LogP contribution in [0.4, 0.5) is 5.69 Å². The van der Waals surface area contributed by atoms with Gasteiger partial charge in [0.25, 0.3) is 0 Å². The van der Waals surface area contributed by atoms with Gasteiger partial charge in [-0.2, -0.15) is 0 Å². The fraction of sp³-hybridized carbons (Fsp3) is 0.455. The fourth-order valence-corrected chi connectivity index (χ4v) is 3.18. The molecule has 0 fully saturated rings. The molecule has 0 heterocycles. The first-order chi connectivity index (χ1) is 8.88. The topological polar surface area (TPSA) is 102 Å². The zero-order valence-corrected chi connectivity index (χ0v) is 12.9. The molecule has 0 atom stereocenters. The van der Waals surface area contributed by atoms with E-state index >= 15 is 0 Å². The lowest BCUT2D eigenvalue weighted by Crippen LogP contribution is -2.28. The summed E-state index contributed by atoms with van der Waals surface area (Å²) in [6.45, 7) is 2.13. The first-order valence-electron chi connectivity index (χ1n) is 5.62. The summed E-state index contributed by atoms with van der Waals surface area (Å²) < 4.78 is 32.2. The lowest BCUT2D eigenvalue weighted by atomic mass is 10.2. The van der Waals surface area contributed by atoms with Crippen LogP contribution in [-0.4, -0.2) is 39.9 Å². The maximum Gasteiger partial charge on any atom is 0.240 e. The van der Waals surface area contributed by atoms with Gasteiger partial charge in [0.05, 0.1) is 24.7 Å². The van der Waals surface area contributed by atoms with Crippen LogP contribution < -0.4 is 10.5 Å². The lowest BCUT2D eigenvalue weighted by molar-refractivity contribution is 0.0961. The normalized spacial score (nSPS) is 11.7. The number of benzene rings is 1. The summed E-state index contributed by atoms with van der Waals surface area (Å²) in [6, 6.07) is 3.07. The van der Waals surface area contributed by atoms with Crippen LogP contribution in [0.5, 0.6) is 0 Å². The second-order valence-corrected chi connectivity index (χ2v) is 6.46. The quantitative estimate of drug-likeness (QED) is 0.493. The smallest absolute Gasteiger partial charge is 0.240 e. The Morgan fingerprint density at radius 3 is 2.74 bits per heavy atom. The van der Waals surface area contributed by atoms with E-state index in [9.17, 15) is 8.42 Å². The number of aliphatic hydroxyl groups excluding tert-OH is 1. The van der Waals surface area contributed by atoms with Gasteiger partial charge in [0.1, 0.15) is 0 Å². The highest BCUT2D eigenvalue weighted by molar-refractivity contribution is 9.10. The number of ether oxygens (including phenoxy) is 1. The third kappa shape index (κ3) is 4.73. The Morgan fingerprint density at radius 2 is 2.11 bits per heavy atom. The average molecular weight is 353 g/mol. The molecular formula is C11H17BrN2O4S. The SMILES string of the molecule is Cc1cc(Br)c(N)cc1S(=O)(=O)NCCOCCO. The third-order valence-electron chi connectivity index (χ3n) is 2.36. The molecule has 0 spiro atoms. The number of nitrogens with two attached hydrogens (primary N) is 1. The van der Waals surface area contributed by atoms with Crippen molar-refractivity contribution in [2.75, 3.05) is 32.1 Å². The Bertz CT molecular complexity index is 534. The van der Waals surface area contributed by atoms with Crippen molar-refractivity contribution in [3.05, 3.63) is 22.2 Å². The van der Waals surface area contributed by atoms with Crippen molar-refractivity contribution < 1.29 is 18.3 Å². The summed E-state index contributed by atoms with van der Waals surface area (Å²) in [7, 11) is -3.61. The number of anilines is 1. The molecule has 108 valence electrons. The Labute approximate surface area is 121 Å². The summed E-state index contributed by atoms with van der Waals surface area (Å²) in [5.41, 5.74) is 6.65. The van der Waals surface area contributed by atoms with E-state index < -0.39 is 10.0 Å². The molecule has 4 N–H and O–H groups in total. The van der Waals surface area contributed by atoms with Crippen molar-refractivity contribution in [2.24, 2.45) is 0 Å². The number of aryl methyl sites for hydroxylation is 1. The van der Waals surface area contributed by atoms with Crippen LogP contribution in [0.1, 0.15) is 5.56 Å². The molecule has 0 aromatic heterocycles. The van der Waals surface area contributed by atoms with Gasteiger partial charge in [0.15, 0.2) is 0 Å². The predicted octanol–water partition coefficient (Wildman–Crippen LogP) is 0.627. The molecule has 19 heavy (non-hydrogen) atoms. The maximum atomic E-state index is 12.1. The maximum absolute atomic E-state index is 12.1. The number of rotatable bonds is 7. The molecule has 6 nitrogen and oxygen atoms in total. The minimum atomic E-state index is -3.61. The molecule has 0 radical (unpaired) electrons. The summed E-state index contributed by atoms with van der Waals surface area (Å²) in [5.74, 6) is 0. The number of hydrogen-bond acceptors (Lipinski definition) is 5. The van der Waals surface area contributed by atoms with Crippen molar-refractivity contribution in [3.8, 4) is 0 Å². The Morgan fingerprint density at radius 1 is 1.42 bits per heavy atom. The van der Waals surface area contributed by atoms with Gasteiger partial charge in [0, 0.05) is 16.7 Å². The van der Waals surface area contributed by atoms with Gasteiger partial charge < -0.3 is 15.6 Å². The van der Waals surface area contributed by atoms with E-state index in [4.69, 9.17) is 15.6 Å². The predicted molar refractivity (Wildman–Crippen MR) is 76.4 cm³/mol. The van der Waals surface area contributed by atoms with Gasteiger partial charge in [-0.3, -0.25) is 0 Å². The number of halogens is 1. The molecular weight excluding hydrogens is 336 g/mol. The molecule has 0 saturated carbocycles. The standard InChI is InChI=1S/C11H17BrN2O4S/c1-8-6-9(12)10(13)7-11(8)19(16,17)14-2-4-18-5-3-15/h6-7,14-15H,2-5,13H2,1H3. The second kappa shape index (κ2) is 7.20. The van der Waals surface area contributed by atoms with Crippen LogP contribution in [-0.2, 0) is 14.8 Å². The van der Waals surface area contributed by atoms with Crippen molar-refractivity contribution in [3.63, 3.8) is 0 Å². The third-order valence-corrected chi connectivity index (χ3v) is 4.65. The summed E-state index contributed by atoms with van der Waals surface area (Å²) in [5, 5.41) is 8.51. The highest BCUT2D eigenvalue weighted by Crippen LogP contribution is 2.26. The molecule has 0 unspecified atom stereocenters. The van der Waals surface area contributed by atoms with E-state index in [1.54, 1.807) is 13.0 Å². The minimum Gasteiger partial charge on any atom is -0.398 e. The van der Waals surface area contributed by atoms with E-state index in [0.29, 0.717) is 15.7 Å². The van der Waals surface area contributed by atoms with Crippen LogP contribution in [0.15, 0.2) is 21.5 Å². The van der Waals surface area contributed by atoms with Crippen molar-refractivity contribution in [1.29, 1.82) is 0 Å². The molecule has 1 rings (SSSR count). The molecule has 0 saturated heterocycles. The zero-order valence-electron chi connectivity index (χ0n) is 10.5. The fourth-order valence-electron chi connectivity index (χ4n) is 1.45. The number of aliphatic hydroxyl groups is 1. The highest BCUT2D eigenvalue weighted by atomic mass is 79.9. The van der Waals surface area contributed by atoms with Crippen LogP contribution in [0.25, 0.3) is 0 Å². The highest BCUT2D eigenvalue weighted by Gasteiger charge is 2.17. The molecule has 0 amide bonds. The van der Waals surface area contributed by atoms with E-state index in [1.165, 1.54) is 6.07 Å². The van der Waals surface area contributed by atoms with E-state index in [-0.39, 0.29) is 31.3 Å². The first kappa shape index (κ1) is 16.4. The number of nitrogens with one attached hydrogen (secondary N) is 1. The van der Waals surface area contributed by atoms with Crippen LogP contribution in [0, 0.1) is 6.92 Å². The van der Waals surface area contributed by atoms with E-state index in [1.807, 2.05) is 0 Å². The van der Waals surface area contributed by atoms with Crippen molar-refractivity contribution >= 4 is 31.6 Å². The minimum absolute atomic E-state index is 0.0882. The summed E-state index contributed by atoms with van der Waals surface area (Å²) in [6.07, 6.45) is 0. The molecule has 0 bridgehead atoms. The van der Waals surface area contributed by atoms with Gasteiger partial charge in [-0.1, -0.05) is 0 Å². The molecule has 0 aliphatic rings. The molecule has 0 aliphatic carbocycles. The molecule has 1 aromatic rings. The van der Waals surface area contributed by atoms with Crippen molar-refractivity contribution in [2.45, 2.75) is 11.8 Å². The monoisotopic (exact) mass is 352 g/mol. The average Bonchev–Trinajstić information content (AvgIpc) is 2.33. The largest absolute Gasteiger partial charge is 0.398 e. The number of nitrogen functional groups attached to an aromatic ring is 1. The van der Waals surface area contributed by atoms with Gasteiger partial charge in [-0.25, -0.2) is 13.1 Å². The van der Waals surface area contributed by atoms with Crippen molar-refractivity contribution in [1.82, 2.24) is 4.72 Å². The number of hydrogen-bond donors (Lipinski definition) is 3. The Balaban J connectivity index is 2.75. The van der Waals surface area contributed by atoms with Crippen LogP contribution >= 0.6 is 15.9 Å². The first-order valence-corrected chi connectivity index (χ1v) is 7.90. The second-order valence-electron chi connectivity index (χ2n) is 3.87. The molecule has 0 aliphatic heterocycles. The summed E-state index contributed by atoms with van der Waals surface area (Å²) >= 11 is 3.24. The Kier molecular flexibility index (Phi) is 6.21. The Hall–Kier alpha value is -0.670. The molecule has 8 heteroatoms.